The second kappa shape index (κ2) is 9.14. The van der Waals surface area contributed by atoms with Gasteiger partial charge in [-0.2, -0.15) is 0 Å². The molecule has 0 aliphatic carbocycles. The fourth-order valence-corrected chi connectivity index (χ4v) is 3.54. The lowest BCUT2D eigenvalue weighted by molar-refractivity contribution is -0.135. The van der Waals surface area contributed by atoms with Crippen molar-refractivity contribution in [3.63, 3.8) is 0 Å². The molecule has 2 fully saturated rings. The number of anilines is 1. The van der Waals surface area contributed by atoms with Crippen molar-refractivity contribution in [2.24, 2.45) is 0 Å². The van der Waals surface area contributed by atoms with Crippen molar-refractivity contribution in [1.29, 1.82) is 0 Å². The summed E-state index contributed by atoms with van der Waals surface area (Å²) in [7, 11) is 0. The van der Waals surface area contributed by atoms with E-state index in [4.69, 9.17) is 0 Å². The number of hydrogen-bond acceptors (Lipinski definition) is 4. The highest BCUT2D eigenvalue weighted by molar-refractivity contribution is 5.97. The molecule has 0 saturated carbocycles. The molecule has 7 nitrogen and oxygen atoms in total. The lowest BCUT2D eigenvalue weighted by atomic mass is 10.0. The molecule has 2 heterocycles. The minimum Gasteiger partial charge on any atom is -0.336 e. The summed E-state index contributed by atoms with van der Waals surface area (Å²) in [5, 5.41) is 5.60. The van der Waals surface area contributed by atoms with Gasteiger partial charge in [0, 0.05) is 44.8 Å². The molecule has 9 heteroatoms. The van der Waals surface area contributed by atoms with E-state index in [9.17, 15) is 18.8 Å². The minimum absolute atomic E-state index is 0. The zero-order valence-corrected chi connectivity index (χ0v) is 16.0. The Morgan fingerprint density at radius 2 is 2.07 bits per heavy atom. The van der Waals surface area contributed by atoms with Gasteiger partial charge in [-0.25, -0.2) is 4.39 Å². The second-order valence-electron chi connectivity index (χ2n) is 6.69. The molecule has 3 rings (SSSR count). The summed E-state index contributed by atoms with van der Waals surface area (Å²) in [6, 6.07) is 3.92. The minimum atomic E-state index is -0.621. The van der Waals surface area contributed by atoms with Crippen LogP contribution in [0.3, 0.4) is 0 Å². The Morgan fingerprint density at radius 3 is 2.78 bits per heavy atom. The summed E-state index contributed by atoms with van der Waals surface area (Å²) in [5.74, 6) is -1.29. The molecule has 27 heavy (non-hydrogen) atoms. The topological polar surface area (TPSA) is 81.8 Å². The highest BCUT2D eigenvalue weighted by Crippen LogP contribution is 2.22. The molecule has 2 N–H and O–H groups in total. The van der Waals surface area contributed by atoms with Crippen LogP contribution in [0.25, 0.3) is 0 Å². The van der Waals surface area contributed by atoms with E-state index in [-0.39, 0.29) is 35.8 Å². The number of piperidine rings is 1. The van der Waals surface area contributed by atoms with Gasteiger partial charge >= 0.3 is 0 Å². The number of likely N-dealkylation sites (tertiary alicyclic amines) is 1. The third-order valence-electron chi connectivity index (χ3n) is 4.77. The van der Waals surface area contributed by atoms with Gasteiger partial charge in [0.1, 0.15) is 5.82 Å². The third-order valence-corrected chi connectivity index (χ3v) is 4.77. The highest BCUT2D eigenvalue weighted by atomic mass is 35.5. The first-order valence-corrected chi connectivity index (χ1v) is 8.82. The lowest BCUT2D eigenvalue weighted by Crippen LogP contribution is -2.57. The zero-order valence-electron chi connectivity index (χ0n) is 15.2. The molecule has 2 aliphatic rings. The average Bonchev–Trinajstić information content (AvgIpc) is 2.63. The first-order chi connectivity index (χ1) is 12.5. The van der Waals surface area contributed by atoms with Crippen molar-refractivity contribution in [3.05, 3.63) is 29.6 Å². The third kappa shape index (κ3) is 4.95. The Balaban J connectivity index is 0.00000261. The fraction of sp³-hybridized carbons (Fsp3) is 0.500. The van der Waals surface area contributed by atoms with Crippen molar-refractivity contribution in [1.82, 2.24) is 15.1 Å². The van der Waals surface area contributed by atoms with Crippen molar-refractivity contribution in [2.45, 2.75) is 25.8 Å². The summed E-state index contributed by atoms with van der Waals surface area (Å²) < 4.78 is 14.2. The summed E-state index contributed by atoms with van der Waals surface area (Å²) in [6.45, 7) is 3.96. The van der Waals surface area contributed by atoms with E-state index in [1.165, 1.54) is 25.1 Å². The van der Waals surface area contributed by atoms with Crippen LogP contribution < -0.4 is 10.6 Å². The van der Waals surface area contributed by atoms with E-state index >= 15 is 0 Å². The van der Waals surface area contributed by atoms with Crippen molar-refractivity contribution in [2.75, 3.05) is 38.0 Å². The molecule has 1 aromatic rings. The van der Waals surface area contributed by atoms with Crippen LogP contribution in [0.15, 0.2) is 18.2 Å². The maximum absolute atomic E-state index is 14.2. The molecule has 1 unspecified atom stereocenters. The van der Waals surface area contributed by atoms with Gasteiger partial charge in [-0.05, 0) is 31.0 Å². The largest absolute Gasteiger partial charge is 0.336 e. The highest BCUT2D eigenvalue weighted by Gasteiger charge is 2.32. The quantitative estimate of drug-likeness (QED) is 0.802. The Kier molecular flexibility index (Phi) is 7.15. The molecular weight excluding hydrogens is 375 g/mol. The van der Waals surface area contributed by atoms with E-state index in [1.54, 1.807) is 4.90 Å². The fourth-order valence-electron chi connectivity index (χ4n) is 3.54. The summed E-state index contributed by atoms with van der Waals surface area (Å²) >= 11 is 0. The molecule has 3 amide bonds. The Bertz CT molecular complexity index is 731. The van der Waals surface area contributed by atoms with Crippen LogP contribution >= 0.6 is 12.4 Å². The zero-order chi connectivity index (χ0) is 18.7. The second-order valence-corrected chi connectivity index (χ2v) is 6.69. The van der Waals surface area contributed by atoms with E-state index in [0.29, 0.717) is 31.9 Å². The van der Waals surface area contributed by atoms with E-state index in [0.717, 1.165) is 19.4 Å². The number of nitrogens with one attached hydrogen (secondary N) is 2. The van der Waals surface area contributed by atoms with Gasteiger partial charge in [0.05, 0.1) is 12.1 Å². The number of halogens is 2. The van der Waals surface area contributed by atoms with E-state index in [1.807, 2.05) is 4.90 Å². The van der Waals surface area contributed by atoms with Crippen LogP contribution in [0, 0.1) is 5.82 Å². The lowest BCUT2D eigenvalue weighted by Gasteiger charge is -2.41. The Hall–Kier alpha value is -2.19. The van der Waals surface area contributed by atoms with E-state index in [2.05, 4.69) is 10.6 Å². The molecular formula is C18H24ClFN4O3. The maximum atomic E-state index is 14.2. The van der Waals surface area contributed by atoms with Gasteiger partial charge in [-0.1, -0.05) is 0 Å². The predicted octanol–water partition coefficient (Wildman–Crippen LogP) is 1.24. The maximum Gasteiger partial charge on any atom is 0.256 e. The van der Waals surface area contributed by atoms with Gasteiger partial charge in [-0.15, -0.1) is 12.4 Å². The van der Waals surface area contributed by atoms with Gasteiger partial charge in [-0.3, -0.25) is 14.4 Å². The summed E-state index contributed by atoms with van der Waals surface area (Å²) in [5.41, 5.74) is 0.316. The number of hydrogen-bond donors (Lipinski definition) is 2. The monoisotopic (exact) mass is 398 g/mol. The number of amides is 3. The standard InChI is InChI=1S/C18H23FN4O3.ClH/c1-12(24)21-13-4-5-16(19)15(9-13)18(26)22-7-2-3-14(11-22)23-8-6-20-10-17(23)25;/h4-5,9,14,20H,2-3,6-8,10-11H2,1H3,(H,21,24);1H. The number of benzene rings is 1. The van der Waals surface area contributed by atoms with Gasteiger partial charge < -0.3 is 20.4 Å². The number of piperazine rings is 1. The van der Waals surface area contributed by atoms with Crippen LogP contribution in [0.4, 0.5) is 10.1 Å². The van der Waals surface area contributed by atoms with Gasteiger partial charge in [0.2, 0.25) is 11.8 Å². The molecule has 2 aliphatic heterocycles. The molecule has 148 valence electrons. The van der Waals surface area contributed by atoms with Crippen molar-refractivity contribution in [3.8, 4) is 0 Å². The average molecular weight is 399 g/mol. The molecule has 1 atom stereocenters. The van der Waals surface area contributed by atoms with Crippen LogP contribution in [-0.4, -0.2) is 66.3 Å². The van der Waals surface area contributed by atoms with Crippen LogP contribution in [0.1, 0.15) is 30.1 Å². The number of rotatable bonds is 3. The van der Waals surface area contributed by atoms with Crippen molar-refractivity contribution >= 4 is 35.8 Å². The number of carbonyl (C=O) groups excluding carboxylic acids is 3. The first kappa shape index (κ1) is 21.1. The molecule has 0 spiro atoms. The Labute approximate surface area is 163 Å². The SMILES string of the molecule is CC(=O)Nc1ccc(F)c(C(=O)N2CCCC(N3CCNCC3=O)C2)c1.Cl. The van der Waals surface area contributed by atoms with Crippen LogP contribution in [0.2, 0.25) is 0 Å². The summed E-state index contributed by atoms with van der Waals surface area (Å²) in [4.78, 5) is 39.5. The first-order valence-electron chi connectivity index (χ1n) is 8.82. The van der Waals surface area contributed by atoms with Gasteiger partial charge in [0.25, 0.3) is 5.91 Å². The van der Waals surface area contributed by atoms with Crippen LogP contribution in [0.5, 0.6) is 0 Å². The van der Waals surface area contributed by atoms with Gasteiger partial charge in [0.15, 0.2) is 0 Å². The Morgan fingerprint density at radius 1 is 1.30 bits per heavy atom. The predicted molar refractivity (Wildman–Crippen MR) is 101 cm³/mol. The molecule has 1 aromatic carbocycles. The number of carbonyl (C=O) groups is 3. The van der Waals surface area contributed by atoms with E-state index < -0.39 is 11.7 Å². The smallest absolute Gasteiger partial charge is 0.256 e. The molecule has 0 bridgehead atoms. The molecule has 0 radical (unpaired) electrons. The molecule has 0 aromatic heterocycles. The normalized spacial score (nSPS) is 20.1. The molecule has 2 saturated heterocycles. The summed E-state index contributed by atoms with van der Waals surface area (Å²) in [6.07, 6.45) is 1.60. The van der Waals surface area contributed by atoms with Crippen LogP contribution in [-0.2, 0) is 9.59 Å². The number of nitrogens with zero attached hydrogens (tertiary/aromatic N) is 2. The van der Waals surface area contributed by atoms with Crippen molar-refractivity contribution < 1.29 is 18.8 Å².